The van der Waals surface area contributed by atoms with E-state index in [0.29, 0.717) is 19.3 Å². The molecule has 3 rings (SSSR count). The number of fused-ring (bicyclic) bond motifs is 2. The highest BCUT2D eigenvalue weighted by Crippen LogP contribution is 2.54. The molecule has 2 aliphatic carbocycles. The normalized spacial score (nSPS) is 25.6. The lowest BCUT2D eigenvalue weighted by Gasteiger charge is -2.42. The molecule has 1 N–H and O–H groups in total. The summed E-state index contributed by atoms with van der Waals surface area (Å²) < 4.78 is 32.4. The van der Waals surface area contributed by atoms with Crippen molar-refractivity contribution in [3.8, 4) is 0 Å². The number of allylic oxidation sites excluding steroid dienone is 5. The van der Waals surface area contributed by atoms with Crippen LogP contribution >= 0.6 is 0 Å². The van der Waals surface area contributed by atoms with Gasteiger partial charge in [-0.15, -0.1) is 0 Å². The topological polar surface area (TPSA) is 161 Å². The lowest BCUT2D eigenvalue weighted by Crippen LogP contribution is -2.49. The Kier molecular flexibility index (Phi) is 15.0. The van der Waals surface area contributed by atoms with Crippen LogP contribution in [0.4, 0.5) is 0 Å². The molecule has 1 aliphatic heterocycles. The van der Waals surface area contributed by atoms with Crippen LogP contribution in [0.5, 0.6) is 0 Å². The highest BCUT2D eigenvalue weighted by atomic mass is 16.7. The number of unbranched alkanes of at least 4 members (excludes halogenated alkanes) is 3. The maximum atomic E-state index is 14.8. The highest BCUT2D eigenvalue weighted by Gasteiger charge is 2.59. The van der Waals surface area contributed by atoms with Gasteiger partial charge in [-0.1, -0.05) is 43.2 Å². The predicted octanol–water partition coefficient (Wildman–Crippen LogP) is 4.49. The van der Waals surface area contributed by atoms with E-state index in [-0.39, 0.29) is 36.4 Å². The average Bonchev–Trinajstić information content (AvgIpc) is 3.57. The number of carbonyl (C=O) groups excluding carboxylic acids is 5. The van der Waals surface area contributed by atoms with Crippen molar-refractivity contribution in [1.29, 1.82) is 0 Å². The van der Waals surface area contributed by atoms with E-state index in [0.717, 1.165) is 54.1 Å². The van der Waals surface area contributed by atoms with Gasteiger partial charge < -0.3 is 33.5 Å². The van der Waals surface area contributed by atoms with Crippen LogP contribution in [0.3, 0.4) is 0 Å². The van der Waals surface area contributed by atoms with Gasteiger partial charge in [0.25, 0.3) is 0 Å². The number of ether oxygens (including phenoxy) is 6. The van der Waals surface area contributed by atoms with Crippen LogP contribution in [0.25, 0.3) is 0 Å². The lowest BCUT2D eigenvalue weighted by molar-refractivity contribution is -0.228. The molecule has 3 aliphatic rings. The number of hydrogen-bond acceptors (Lipinski definition) is 12. The van der Waals surface area contributed by atoms with Gasteiger partial charge in [-0.25, -0.2) is 9.59 Å². The van der Waals surface area contributed by atoms with Crippen LogP contribution in [0.15, 0.2) is 47.1 Å². The van der Waals surface area contributed by atoms with Crippen molar-refractivity contribution in [1.82, 2.24) is 0 Å². The van der Waals surface area contributed by atoms with Crippen LogP contribution in [-0.4, -0.2) is 88.3 Å². The standard InChI is InChI=1S/C37H52O12/c1-7-9-11-12-13-14-16-24-20-27-32(40)30(25(24)21-28(38)37(17-15-10-8-2)48-18-19-49-37)31(34(42)46-5)26(33(41)45-4)22-36(27,35(43)47-6)23-29(39)44-3/h7-10,20,24-25,28,30,38H,11-19,21-23H2,1-6H3/b9-7+,10-8+/t24-,25+,28-,30+,36-/m0/s1. The van der Waals surface area contributed by atoms with Crippen molar-refractivity contribution in [3.63, 3.8) is 0 Å². The maximum absolute atomic E-state index is 14.8. The number of rotatable bonds is 17. The highest BCUT2D eigenvalue weighted by molar-refractivity contribution is 6.14. The largest absolute Gasteiger partial charge is 0.469 e. The SMILES string of the molecule is C/C=C/CCCCC[C@H]1C=C2C(=O)[C@@H](C(C(=O)OC)=C(C(=O)OC)C[C@@]2(CC(=O)OC)C(=O)OC)[C@@H]1C[C@H](O)C1(CC/C=C/C)OCCO1. The summed E-state index contributed by atoms with van der Waals surface area (Å²) in [5, 5.41) is 11.9. The Morgan fingerprint density at radius 3 is 2.16 bits per heavy atom. The van der Waals surface area contributed by atoms with Crippen LogP contribution in [0.2, 0.25) is 0 Å². The number of carbonyl (C=O) groups is 5. The van der Waals surface area contributed by atoms with Gasteiger partial charge in [0.05, 0.1) is 59.6 Å². The number of aliphatic hydroxyl groups excluding tert-OH is 1. The quantitative estimate of drug-likeness (QED) is 0.0989. The van der Waals surface area contributed by atoms with Gasteiger partial charge in [0.1, 0.15) is 11.5 Å². The number of esters is 4. The van der Waals surface area contributed by atoms with E-state index in [1.54, 1.807) is 6.08 Å². The molecule has 5 atom stereocenters. The van der Waals surface area contributed by atoms with Gasteiger partial charge in [0.15, 0.2) is 11.6 Å². The summed E-state index contributed by atoms with van der Waals surface area (Å²) in [6, 6.07) is 0. The Balaban J connectivity index is 2.31. The molecule has 49 heavy (non-hydrogen) atoms. The van der Waals surface area contributed by atoms with E-state index in [2.05, 4.69) is 6.08 Å². The van der Waals surface area contributed by atoms with Gasteiger partial charge in [-0.2, -0.15) is 0 Å². The molecule has 0 amide bonds. The summed E-state index contributed by atoms with van der Waals surface area (Å²) in [5.41, 5.74) is -2.61. The zero-order valence-electron chi connectivity index (χ0n) is 29.6. The molecule has 0 aromatic rings. The Hall–Kier alpha value is -3.61. The van der Waals surface area contributed by atoms with Crippen molar-refractivity contribution in [2.75, 3.05) is 41.7 Å². The average molecular weight is 689 g/mol. The Labute approximate surface area is 288 Å². The van der Waals surface area contributed by atoms with Crippen molar-refractivity contribution in [3.05, 3.63) is 47.1 Å². The predicted molar refractivity (Wildman–Crippen MR) is 178 cm³/mol. The second-order valence-corrected chi connectivity index (χ2v) is 12.7. The smallest absolute Gasteiger partial charge is 0.335 e. The minimum Gasteiger partial charge on any atom is -0.469 e. The maximum Gasteiger partial charge on any atom is 0.335 e. The third-order valence-corrected chi connectivity index (χ3v) is 9.94. The Morgan fingerprint density at radius 2 is 1.57 bits per heavy atom. The summed E-state index contributed by atoms with van der Waals surface area (Å²) in [6.07, 6.45) is 12.0. The summed E-state index contributed by atoms with van der Waals surface area (Å²) in [5.74, 6) is -8.26. The Bertz CT molecular complexity index is 1330. The fraction of sp³-hybridized carbons (Fsp3) is 0.649. The third-order valence-electron chi connectivity index (χ3n) is 9.94. The second kappa shape index (κ2) is 18.4. The minimum absolute atomic E-state index is 0.0452. The van der Waals surface area contributed by atoms with E-state index in [4.69, 9.17) is 28.4 Å². The molecule has 1 heterocycles. The fourth-order valence-electron chi connectivity index (χ4n) is 7.50. The summed E-state index contributed by atoms with van der Waals surface area (Å²) in [7, 11) is 4.51. The first-order valence-electron chi connectivity index (χ1n) is 17.0. The third kappa shape index (κ3) is 8.77. The number of ketones is 1. The van der Waals surface area contributed by atoms with Crippen LogP contribution in [0.1, 0.15) is 78.1 Å². The number of aliphatic hydroxyl groups is 1. The van der Waals surface area contributed by atoms with E-state index in [1.807, 2.05) is 32.1 Å². The molecule has 2 bridgehead atoms. The lowest BCUT2D eigenvalue weighted by atomic mass is 9.62. The van der Waals surface area contributed by atoms with E-state index >= 15 is 0 Å². The molecule has 12 nitrogen and oxygen atoms in total. The van der Waals surface area contributed by atoms with Crippen molar-refractivity contribution in [2.24, 2.45) is 23.2 Å². The summed E-state index contributed by atoms with van der Waals surface area (Å²) in [4.78, 5) is 68.8. The van der Waals surface area contributed by atoms with Gasteiger partial charge in [-0.05, 0) is 57.8 Å². The molecule has 0 aromatic heterocycles. The molecule has 0 radical (unpaired) electrons. The molecule has 0 aromatic carbocycles. The first-order valence-corrected chi connectivity index (χ1v) is 17.0. The van der Waals surface area contributed by atoms with Crippen LogP contribution < -0.4 is 0 Å². The zero-order chi connectivity index (χ0) is 36.2. The molecule has 0 saturated carbocycles. The molecule has 1 saturated heterocycles. The molecule has 0 spiro atoms. The number of Topliss-reactive ketones (excluding diaryl/α,β-unsaturated/α-hetero) is 1. The van der Waals surface area contributed by atoms with E-state index < -0.39 is 77.6 Å². The molecule has 1 fully saturated rings. The first-order chi connectivity index (χ1) is 23.5. The number of hydrogen-bond donors (Lipinski definition) is 1. The zero-order valence-corrected chi connectivity index (χ0v) is 29.6. The Morgan fingerprint density at radius 1 is 0.918 bits per heavy atom. The molecule has 12 heteroatoms. The first kappa shape index (κ1) is 39.8. The molecular formula is C37H52O12. The van der Waals surface area contributed by atoms with Crippen molar-refractivity contribution in [2.45, 2.75) is 89.9 Å². The summed E-state index contributed by atoms with van der Waals surface area (Å²) in [6.45, 7) is 4.40. The fourth-order valence-corrected chi connectivity index (χ4v) is 7.50. The van der Waals surface area contributed by atoms with Gasteiger partial charge in [-0.3, -0.25) is 14.4 Å². The van der Waals surface area contributed by atoms with Gasteiger partial charge in [0.2, 0.25) is 0 Å². The monoisotopic (exact) mass is 688 g/mol. The number of methoxy groups -OCH3 is 4. The molecular weight excluding hydrogens is 636 g/mol. The van der Waals surface area contributed by atoms with E-state index in [1.165, 1.54) is 0 Å². The minimum atomic E-state index is -2.00. The second-order valence-electron chi connectivity index (χ2n) is 12.7. The van der Waals surface area contributed by atoms with E-state index in [9.17, 15) is 29.1 Å². The van der Waals surface area contributed by atoms with Gasteiger partial charge >= 0.3 is 23.9 Å². The van der Waals surface area contributed by atoms with Crippen LogP contribution in [0, 0.1) is 23.2 Å². The van der Waals surface area contributed by atoms with Crippen molar-refractivity contribution < 1.29 is 57.5 Å². The van der Waals surface area contributed by atoms with Gasteiger partial charge in [0, 0.05) is 24.0 Å². The van der Waals surface area contributed by atoms with Crippen LogP contribution in [-0.2, 0) is 52.4 Å². The van der Waals surface area contributed by atoms with Crippen molar-refractivity contribution >= 4 is 29.7 Å². The molecule has 0 unspecified atom stereocenters. The molecule has 272 valence electrons. The summed E-state index contributed by atoms with van der Waals surface area (Å²) >= 11 is 0.